The monoisotopic (exact) mass is 325 g/mol. The zero-order chi connectivity index (χ0) is 17.5. The number of benzene rings is 1. The fourth-order valence-corrected chi connectivity index (χ4v) is 2.32. The Labute approximate surface area is 140 Å². The lowest BCUT2D eigenvalue weighted by atomic mass is 10.2. The SMILES string of the molecule is CCN(CC)C(=O)c1cnn(-c2ccccc2)c1NC(=O)CC#N. The number of amides is 2. The molecule has 0 bridgehead atoms. The summed E-state index contributed by atoms with van der Waals surface area (Å²) >= 11 is 0. The van der Waals surface area contributed by atoms with E-state index in [1.807, 2.05) is 44.2 Å². The number of hydrogen-bond donors (Lipinski definition) is 1. The molecule has 124 valence electrons. The molecule has 1 heterocycles. The molecule has 0 aliphatic heterocycles. The first-order valence-electron chi connectivity index (χ1n) is 7.71. The quantitative estimate of drug-likeness (QED) is 0.881. The minimum absolute atomic E-state index is 0.213. The molecule has 7 nitrogen and oxygen atoms in total. The molecule has 0 unspecified atom stereocenters. The summed E-state index contributed by atoms with van der Waals surface area (Å²) in [5, 5.41) is 15.6. The average Bonchev–Trinajstić information content (AvgIpc) is 3.00. The predicted molar refractivity (Wildman–Crippen MR) is 89.7 cm³/mol. The molecule has 0 saturated carbocycles. The Hall–Kier alpha value is -3.14. The van der Waals surface area contributed by atoms with Crippen molar-refractivity contribution in [1.82, 2.24) is 14.7 Å². The van der Waals surface area contributed by atoms with E-state index in [1.165, 1.54) is 10.9 Å². The maximum atomic E-state index is 12.7. The van der Waals surface area contributed by atoms with Gasteiger partial charge in [0.25, 0.3) is 5.91 Å². The Morgan fingerprint density at radius 1 is 1.25 bits per heavy atom. The van der Waals surface area contributed by atoms with Gasteiger partial charge < -0.3 is 10.2 Å². The Morgan fingerprint density at radius 3 is 2.50 bits per heavy atom. The van der Waals surface area contributed by atoms with Gasteiger partial charge in [0.2, 0.25) is 5.91 Å². The highest BCUT2D eigenvalue weighted by molar-refractivity contribution is 6.03. The summed E-state index contributed by atoms with van der Waals surface area (Å²) in [4.78, 5) is 26.2. The van der Waals surface area contributed by atoms with Crippen LogP contribution in [0.1, 0.15) is 30.6 Å². The lowest BCUT2D eigenvalue weighted by Crippen LogP contribution is -2.31. The molecule has 0 saturated heterocycles. The lowest BCUT2D eigenvalue weighted by Gasteiger charge is -2.19. The molecule has 2 amide bonds. The maximum Gasteiger partial charge on any atom is 0.259 e. The zero-order valence-corrected chi connectivity index (χ0v) is 13.7. The van der Waals surface area contributed by atoms with E-state index < -0.39 is 5.91 Å². The van der Waals surface area contributed by atoms with Gasteiger partial charge >= 0.3 is 0 Å². The van der Waals surface area contributed by atoms with Crippen LogP contribution in [-0.2, 0) is 4.79 Å². The number of nitriles is 1. The number of para-hydroxylation sites is 1. The molecule has 24 heavy (non-hydrogen) atoms. The van der Waals surface area contributed by atoms with Crippen molar-refractivity contribution >= 4 is 17.6 Å². The van der Waals surface area contributed by atoms with Gasteiger partial charge in [0.05, 0.1) is 18.0 Å². The van der Waals surface area contributed by atoms with Crippen LogP contribution in [0.2, 0.25) is 0 Å². The van der Waals surface area contributed by atoms with Crippen LogP contribution in [0, 0.1) is 11.3 Å². The van der Waals surface area contributed by atoms with E-state index in [1.54, 1.807) is 11.0 Å². The third-order valence-corrected chi connectivity index (χ3v) is 3.55. The normalized spacial score (nSPS) is 10.0. The van der Waals surface area contributed by atoms with Crippen LogP contribution in [0.3, 0.4) is 0 Å². The van der Waals surface area contributed by atoms with Crippen molar-refractivity contribution in [3.63, 3.8) is 0 Å². The maximum absolute atomic E-state index is 12.7. The fraction of sp³-hybridized carbons (Fsp3) is 0.294. The minimum atomic E-state index is -0.483. The zero-order valence-electron chi connectivity index (χ0n) is 13.7. The molecule has 2 rings (SSSR count). The molecule has 0 aliphatic carbocycles. The van der Waals surface area contributed by atoms with E-state index >= 15 is 0 Å². The van der Waals surface area contributed by atoms with Gasteiger partial charge in [0, 0.05) is 13.1 Å². The third kappa shape index (κ3) is 3.60. The molecule has 2 aromatic rings. The molecular formula is C17H19N5O2. The van der Waals surface area contributed by atoms with Crippen molar-refractivity contribution in [3.8, 4) is 11.8 Å². The molecule has 1 aromatic heterocycles. The van der Waals surface area contributed by atoms with Gasteiger partial charge in [0.1, 0.15) is 17.8 Å². The second kappa shape index (κ2) is 7.92. The van der Waals surface area contributed by atoms with Gasteiger partial charge in [-0.3, -0.25) is 9.59 Å². The van der Waals surface area contributed by atoms with E-state index in [9.17, 15) is 9.59 Å². The van der Waals surface area contributed by atoms with Gasteiger partial charge in [-0.15, -0.1) is 0 Å². The van der Waals surface area contributed by atoms with E-state index in [-0.39, 0.29) is 18.1 Å². The number of anilines is 1. The van der Waals surface area contributed by atoms with E-state index in [0.717, 1.165) is 0 Å². The summed E-state index contributed by atoms with van der Waals surface area (Å²) in [5.74, 6) is -0.420. The van der Waals surface area contributed by atoms with Crippen LogP contribution in [0.15, 0.2) is 36.5 Å². The van der Waals surface area contributed by atoms with Crippen LogP contribution >= 0.6 is 0 Å². The molecule has 0 atom stereocenters. The van der Waals surface area contributed by atoms with Crippen molar-refractivity contribution in [1.29, 1.82) is 5.26 Å². The lowest BCUT2D eigenvalue weighted by molar-refractivity contribution is -0.115. The number of hydrogen-bond acceptors (Lipinski definition) is 4. The Balaban J connectivity index is 2.48. The first-order chi connectivity index (χ1) is 11.6. The minimum Gasteiger partial charge on any atom is -0.339 e. The molecular weight excluding hydrogens is 306 g/mol. The number of carbonyl (C=O) groups is 2. The molecule has 0 radical (unpaired) electrons. The van der Waals surface area contributed by atoms with Crippen molar-refractivity contribution in [2.75, 3.05) is 18.4 Å². The van der Waals surface area contributed by atoms with Crippen LogP contribution in [0.4, 0.5) is 5.82 Å². The van der Waals surface area contributed by atoms with E-state index in [0.29, 0.717) is 24.3 Å². The number of rotatable bonds is 6. The third-order valence-electron chi connectivity index (χ3n) is 3.55. The van der Waals surface area contributed by atoms with Crippen molar-refractivity contribution in [2.24, 2.45) is 0 Å². The summed E-state index contributed by atoms with van der Waals surface area (Å²) in [7, 11) is 0. The second-order valence-corrected chi connectivity index (χ2v) is 5.01. The topological polar surface area (TPSA) is 91.0 Å². The van der Waals surface area contributed by atoms with Crippen LogP contribution < -0.4 is 5.32 Å². The summed E-state index contributed by atoms with van der Waals surface area (Å²) in [5.41, 5.74) is 1.01. The van der Waals surface area contributed by atoms with E-state index in [4.69, 9.17) is 5.26 Å². The summed E-state index contributed by atoms with van der Waals surface area (Å²) < 4.78 is 1.49. The number of aromatic nitrogens is 2. The Morgan fingerprint density at radius 2 is 1.92 bits per heavy atom. The highest BCUT2D eigenvalue weighted by Crippen LogP contribution is 2.22. The number of carbonyl (C=O) groups excluding carboxylic acids is 2. The van der Waals surface area contributed by atoms with Gasteiger partial charge in [-0.1, -0.05) is 18.2 Å². The largest absolute Gasteiger partial charge is 0.339 e. The van der Waals surface area contributed by atoms with Crippen LogP contribution in [-0.4, -0.2) is 39.6 Å². The van der Waals surface area contributed by atoms with E-state index in [2.05, 4.69) is 10.4 Å². The Kier molecular flexibility index (Phi) is 5.68. The first-order valence-corrected chi connectivity index (χ1v) is 7.71. The standard InChI is InChI=1S/C17H19N5O2/c1-3-21(4-2)17(24)14-12-19-22(13-8-6-5-7-9-13)16(14)20-15(23)10-11-18/h5-9,12H,3-4,10H2,1-2H3,(H,20,23). The molecule has 1 N–H and O–H groups in total. The summed E-state index contributed by atoms with van der Waals surface area (Å²) in [6.45, 7) is 4.88. The van der Waals surface area contributed by atoms with Gasteiger partial charge in [-0.2, -0.15) is 10.4 Å². The molecule has 0 aliphatic rings. The predicted octanol–water partition coefficient (Wildman–Crippen LogP) is 2.21. The number of nitrogens with zero attached hydrogens (tertiary/aromatic N) is 4. The molecule has 7 heteroatoms. The molecule has 1 aromatic carbocycles. The van der Waals surface area contributed by atoms with Crippen LogP contribution in [0.5, 0.6) is 0 Å². The highest BCUT2D eigenvalue weighted by atomic mass is 16.2. The number of nitrogens with one attached hydrogen (secondary N) is 1. The van der Waals surface area contributed by atoms with Crippen molar-refractivity contribution < 1.29 is 9.59 Å². The van der Waals surface area contributed by atoms with Gasteiger partial charge in [-0.25, -0.2) is 4.68 Å². The summed E-state index contributed by atoms with van der Waals surface area (Å²) in [6, 6.07) is 11.0. The molecule has 0 spiro atoms. The Bertz CT molecular complexity index is 757. The van der Waals surface area contributed by atoms with Gasteiger partial charge in [-0.05, 0) is 26.0 Å². The van der Waals surface area contributed by atoms with Crippen molar-refractivity contribution in [3.05, 3.63) is 42.1 Å². The average molecular weight is 325 g/mol. The molecule has 0 fully saturated rings. The smallest absolute Gasteiger partial charge is 0.259 e. The van der Waals surface area contributed by atoms with Crippen LogP contribution in [0.25, 0.3) is 5.69 Å². The first kappa shape index (κ1) is 17.2. The summed E-state index contributed by atoms with van der Waals surface area (Å²) in [6.07, 6.45) is 1.15. The fourth-order valence-electron chi connectivity index (χ4n) is 2.32. The van der Waals surface area contributed by atoms with Gasteiger partial charge in [0.15, 0.2) is 0 Å². The highest BCUT2D eigenvalue weighted by Gasteiger charge is 2.23. The second-order valence-electron chi connectivity index (χ2n) is 5.01. The van der Waals surface area contributed by atoms with Crippen molar-refractivity contribution in [2.45, 2.75) is 20.3 Å².